The lowest BCUT2D eigenvalue weighted by atomic mass is 9.87. The van der Waals surface area contributed by atoms with Crippen molar-refractivity contribution in [2.24, 2.45) is 0 Å². The van der Waals surface area contributed by atoms with E-state index in [1.807, 2.05) is 30.3 Å². The van der Waals surface area contributed by atoms with Crippen LogP contribution in [0.15, 0.2) is 59.7 Å². The van der Waals surface area contributed by atoms with Crippen LogP contribution in [0.2, 0.25) is 0 Å². The van der Waals surface area contributed by atoms with Gasteiger partial charge in [-0.3, -0.25) is 19.0 Å². The van der Waals surface area contributed by atoms with Gasteiger partial charge in [0.2, 0.25) is 5.91 Å². The number of ether oxygens (including phenoxy) is 1. The number of carbonyl (C=O) groups is 2. The molecule has 0 atom stereocenters. The summed E-state index contributed by atoms with van der Waals surface area (Å²) in [5.41, 5.74) is 2.50. The van der Waals surface area contributed by atoms with Crippen molar-refractivity contribution in [2.75, 3.05) is 17.7 Å². The van der Waals surface area contributed by atoms with Crippen molar-refractivity contribution in [3.05, 3.63) is 81.2 Å². The Bertz CT molecular complexity index is 1500. The predicted octanol–water partition coefficient (Wildman–Crippen LogP) is 4.96. The molecule has 186 valence electrons. The first-order valence-electron chi connectivity index (χ1n) is 11.4. The third-order valence-corrected chi connectivity index (χ3v) is 7.03. The third kappa shape index (κ3) is 5.16. The molecule has 2 aromatic carbocycles. The molecule has 4 aromatic rings. The number of aromatic nitrogens is 2. The number of nitrogens with one attached hydrogen (secondary N) is 2. The normalized spacial score (nSPS) is 11.4. The summed E-state index contributed by atoms with van der Waals surface area (Å²) in [6.07, 6.45) is 1.34. The molecular formula is C27H28N4O4S. The van der Waals surface area contributed by atoms with Gasteiger partial charge in [0.25, 0.3) is 11.5 Å². The lowest BCUT2D eigenvalue weighted by Crippen LogP contribution is -2.28. The fourth-order valence-electron chi connectivity index (χ4n) is 3.82. The molecule has 2 heterocycles. The molecule has 0 fully saturated rings. The fourth-order valence-corrected chi connectivity index (χ4v) is 4.86. The molecule has 0 aliphatic rings. The first-order chi connectivity index (χ1) is 17.1. The summed E-state index contributed by atoms with van der Waals surface area (Å²) in [7, 11) is 1.53. The van der Waals surface area contributed by atoms with Gasteiger partial charge in [0.1, 0.15) is 17.1 Å². The number of rotatable bonds is 6. The molecule has 4 rings (SSSR count). The van der Waals surface area contributed by atoms with Crippen molar-refractivity contribution >= 4 is 44.7 Å². The number of fused-ring (bicyclic) bond motifs is 1. The summed E-state index contributed by atoms with van der Waals surface area (Å²) < 4.78 is 6.54. The van der Waals surface area contributed by atoms with E-state index in [1.54, 1.807) is 25.1 Å². The highest BCUT2D eigenvalue weighted by Crippen LogP contribution is 2.30. The van der Waals surface area contributed by atoms with Gasteiger partial charge < -0.3 is 15.4 Å². The Morgan fingerprint density at radius 1 is 1.06 bits per heavy atom. The van der Waals surface area contributed by atoms with Crippen molar-refractivity contribution < 1.29 is 14.3 Å². The zero-order valence-corrected chi connectivity index (χ0v) is 21.7. The first-order valence-corrected chi connectivity index (χ1v) is 12.2. The molecule has 0 saturated heterocycles. The molecule has 0 radical (unpaired) electrons. The largest absolute Gasteiger partial charge is 0.495 e. The third-order valence-electron chi connectivity index (χ3n) is 5.83. The van der Waals surface area contributed by atoms with Crippen LogP contribution < -0.4 is 20.9 Å². The topological polar surface area (TPSA) is 102 Å². The minimum atomic E-state index is -0.372. The van der Waals surface area contributed by atoms with E-state index in [9.17, 15) is 14.4 Å². The molecule has 2 amide bonds. The van der Waals surface area contributed by atoms with E-state index >= 15 is 0 Å². The Morgan fingerprint density at radius 3 is 2.42 bits per heavy atom. The van der Waals surface area contributed by atoms with Crippen LogP contribution in [0.5, 0.6) is 5.75 Å². The molecule has 0 bridgehead atoms. The van der Waals surface area contributed by atoms with Gasteiger partial charge >= 0.3 is 0 Å². The lowest BCUT2D eigenvalue weighted by Gasteiger charge is -2.19. The van der Waals surface area contributed by atoms with Crippen molar-refractivity contribution in [1.29, 1.82) is 0 Å². The van der Waals surface area contributed by atoms with E-state index in [0.29, 0.717) is 37.8 Å². The van der Waals surface area contributed by atoms with Crippen LogP contribution in [0.3, 0.4) is 0 Å². The number of nitrogens with zero attached hydrogens (tertiary/aromatic N) is 2. The number of para-hydroxylation sites is 2. The second-order valence-electron chi connectivity index (χ2n) is 9.44. The second-order valence-corrected chi connectivity index (χ2v) is 10.4. The van der Waals surface area contributed by atoms with Crippen LogP contribution in [0, 0.1) is 6.92 Å². The first kappa shape index (κ1) is 25.1. The van der Waals surface area contributed by atoms with Crippen LogP contribution in [0.25, 0.3) is 10.2 Å². The number of aryl methyl sites for hydroxylation is 1. The number of anilines is 2. The zero-order chi connectivity index (χ0) is 26.0. The minimum Gasteiger partial charge on any atom is -0.495 e. The highest BCUT2D eigenvalue weighted by Gasteiger charge is 2.21. The van der Waals surface area contributed by atoms with Gasteiger partial charge in [-0.25, -0.2) is 4.98 Å². The molecule has 0 aliphatic heterocycles. The van der Waals surface area contributed by atoms with Crippen LogP contribution in [-0.4, -0.2) is 28.5 Å². The average Bonchev–Trinajstić information content (AvgIpc) is 3.18. The second kappa shape index (κ2) is 9.94. The fraction of sp³-hybridized carbons (Fsp3) is 0.259. The maximum absolute atomic E-state index is 13.2. The van der Waals surface area contributed by atoms with Crippen LogP contribution in [0.1, 0.15) is 41.6 Å². The highest BCUT2D eigenvalue weighted by molar-refractivity contribution is 7.20. The van der Waals surface area contributed by atoms with Crippen molar-refractivity contribution in [3.8, 4) is 5.75 Å². The number of hydrogen-bond acceptors (Lipinski definition) is 6. The van der Waals surface area contributed by atoms with E-state index in [1.165, 1.54) is 18.0 Å². The predicted molar refractivity (Wildman–Crippen MR) is 143 cm³/mol. The number of amides is 2. The summed E-state index contributed by atoms with van der Waals surface area (Å²) in [5, 5.41) is 5.98. The van der Waals surface area contributed by atoms with Gasteiger partial charge in [-0.1, -0.05) is 45.0 Å². The number of thiophene rings is 1. The number of methoxy groups -OCH3 is 1. The average molecular weight is 505 g/mol. The molecule has 36 heavy (non-hydrogen) atoms. The van der Waals surface area contributed by atoms with Gasteiger partial charge in [-0.15, -0.1) is 11.3 Å². The molecule has 0 unspecified atom stereocenters. The quantitative estimate of drug-likeness (QED) is 0.386. The highest BCUT2D eigenvalue weighted by atomic mass is 32.1. The standard InChI is InChI=1S/C27H28N4O4S/c1-16-22-25(36-23(16)24(33)30-19-8-6-7-9-20(19)35-5)28-15-31(26(22)34)14-21(32)29-18-12-10-17(11-13-18)27(2,3)4/h6-13,15H,14H2,1-5H3,(H,29,32)(H,30,33). The number of hydrogen-bond donors (Lipinski definition) is 2. The summed E-state index contributed by atoms with van der Waals surface area (Å²) in [4.78, 5) is 44.0. The van der Waals surface area contributed by atoms with Gasteiger partial charge in [-0.05, 0) is 47.7 Å². The maximum Gasteiger partial charge on any atom is 0.266 e. The van der Waals surface area contributed by atoms with Crippen LogP contribution >= 0.6 is 11.3 Å². The number of carbonyl (C=O) groups excluding carboxylic acids is 2. The molecule has 0 saturated carbocycles. The van der Waals surface area contributed by atoms with E-state index in [4.69, 9.17) is 4.74 Å². The lowest BCUT2D eigenvalue weighted by molar-refractivity contribution is -0.116. The molecule has 2 N–H and O–H groups in total. The molecule has 9 heteroatoms. The summed E-state index contributed by atoms with van der Waals surface area (Å²) in [6, 6.07) is 14.7. The van der Waals surface area contributed by atoms with Crippen molar-refractivity contribution in [3.63, 3.8) is 0 Å². The summed E-state index contributed by atoms with van der Waals surface area (Å²) >= 11 is 1.13. The summed E-state index contributed by atoms with van der Waals surface area (Å²) in [5.74, 6) is -0.171. The Labute approximate surface area is 212 Å². The SMILES string of the molecule is COc1ccccc1NC(=O)c1sc2ncn(CC(=O)Nc3ccc(C(C)(C)C)cc3)c(=O)c2c1C. The van der Waals surface area contributed by atoms with E-state index in [-0.39, 0.29) is 29.3 Å². The summed E-state index contributed by atoms with van der Waals surface area (Å²) in [6.45, 7) is 7.88. The van der Waals surface area contributed by atoms with Gasteiger partial charge in [-0.2, -0.15) is 0 Å². The van der Waals surface area contributed by atoms with Gasteiger partial charge in [0, 0.05) is 5.69 Å². The van der Waals surface area contributed by atoms with Crippen LogP contribution in [0.4, 0.5) is 11.4 Å². The molecule has 2 aromatic heterocycles. The van der Waals surface area contributed by atoms with Crippen molar-refractivity contribution in [1.82, 2.24) is 9.55 Å². The molecule has 8 nitrogen and oxygen atoms in total. The number of benzene rings is 2. The van der Waals surface area contributed by atoms with E-state index in [2.05, 4.69) is 36.4 Å². The zero-order valence-electron chi connectivity index (χ0n) is 20.8. The molecule has 0 spiro atoms. The van der Waals surface area contributed by atoms with E-state index in [0.717, 1.165) is 16.9 Å². The molecule has 0 aliphatic carbocycles. The Morgan fingerprint density at radius 2 is 1.75 bits per heavy atom. The minimum absolute atomic E-state index is 0.0121. The smallest absolute Gasteiger partial charge is 0.266 e. The maximum atomic E-state index is 13.2. The van der Waals surface area contributed by atoms with Gasteiger partial charge in [0.05, 0.1) is 29.4 Å². The Kier molecular flexibility index (Phi) is 6.94. The van der Waals surface area contributed by atoms with Crippen molar-refractivity contribution in [2.45, 2.75) is 39.7 Å². The Hall–Kier alpha value is -3.98. The molecular weight excluding hydrogens is 476 g/mol. The van der Waals surface area contributed by atoms with Gasteiger partial charge in [0.15, 0.2) is 0 Å². The monoisotopic (exact) mass is 504 g/mol. The Balaban J connectivity index is 1.54. The van der Waals surface area contributed by atoms with Crippen LogP contribution in [-0.2, 0) is 16.8 Å². The van der Waals surface area contributed by atoms with E-state index < -0.39 is 0 Å².